The zero-order valence-corrected chi connectivity index (χ0v) is 15.6. The maximum Gasteiger partial charge on any atom is 0.223 e. The molecule has 0 radical (unpaired) electrons. The van der Waals surface area contributed by atoms with Gasteiger partial charge in [0.15, 0.2) is 5.82 Å². The Morgan fingerprint density at radius 3 is 2.81 bits per heavy atom. The summed E-state index contributed by atoms with van der Waals surface area (Å²) < 4.78 is 4.16. The van der Waals surface area contributed by atoms with Crippen molar-refractivity contribution in [3.05, 3.63) is 35.9 Å². The zero-order chi connectivity index (χ0) is 19.0. The number of aryl methyl sites for hydroxylation is 1. The number of nitrogens with two attached hydrogens (primary N) is 2. The van der Waals surface area contributed by atoms with Gasteiger partial charge in [0, 0.05) is 44.5 Å². The first-order valence-corrected chi connectivity index (χ1v) is 9.02. The first kappa shape index (κ1) is 17.3. The summed E-state index contributed by atoms with van der Waals surface area (Å²) in [6.45, 7) is 4.34. The minimum Gasteiger partial charge on any atom is -0.383 e. The fourth-order valence-electron chi connectivity index (χ4n) is 3.62. The number of anilines is 3. The van der Waals surface area contributed by atoms with E-state index in [1.54, 1.807) is 12.3 Å². The Kier molecular flexibility index (Phi) is 4.38. The lowest BCUT2D eigenvalue weighted by Gasteiger charge is -2.33. The molecular formula is C17H24N10. The summed E-state index contributed by atoms with van der Waals surface area (Å²) >= 11 is 0. The summed E-state index contributed by atoms with van der Waals surface area (Å²) in [5.41, 5.74) is 11.6. The summed E-state index contributed by atoms with van der Waals surface area (Å²) in [6, 6.07) is 1.77. The van der Waals surface area contributed by atoms with Gasteiger partial charge in [-0.05, 0) is 19.8 Å². The van der Waals surface area contributed by atoms with Crippen LogP contribution in [0.4, 0.5) is 17.6 Å². The van der Waals surface area contributed by atoms with Gasteiger partial charge in [0.25, 0.3) is 0 Å². The summed E-state index contributed by atoms with van der Waals surface area (Å²) in [5, 5.41) is 8.90. The largest absolute Gasteiger partial charge is 0.383 e. The molecule has 0 amide bonds. The first-order chi connectivity index (χ1) is 13.0. The Labute approximate surface area is 157 Å². The Morgan fingerprint density at radius 1 is 1.22 bits per heavy atom. The molecule has 1 fully saturated rings. The molecule has 27 heavy (non-hydrogen) atoms. The molecule has 1 atom stereocenters. The number of rotatable bonds is 4. The summed E-state index contributed by atoms with van der Waals surface area (Å²) in [5.74, 6) is 4.48. The number of imidazole rings is 1. The highest BCUT2D eigenvalue weighted by Crippen LogP contribution is 2.29. The second-order valence-electron chi connectivity index (χ2n) is 6.93. The van der Waals surface area contributed by atoms with Gasteiger partial charge in [-0.15, -0.1) is 10.2 Å². The summed E-state index contributed by atoms with van der Waals surface area (Å²) in [4.78, 5) is 14.7. The highest BCUT2D eigenvalue weighted by molar-refractivity contribution is 5.50. The lowest BCUT2D eigenvalue weighted by Crippen LogP contribution is -2.36. The predicted octanol–water partition coefficient (Wildman–Crippen LogP) is 0.707. The van der Waals surface area contributed by atoms with Gasteiger partial charge in [-0.3, -0.25) is 0 Å². The molecule has 1 saturated heterocycles. The van der Waals surface area contributed by atoms with Crippen LogP contribution >= 0.6 is 0 Å². The zero-order valence-electron chi connectivity index (χ0n) is 15.6. The van der Waals surface area contributed by atoms with Crippen molar-refractivity contribution in [1.82, 2.24) is 34.3 Å². The van der Waals surface area contributed by atoms with Crippen LogP contribution in [-0.4, -0.2) is 47.4 Å². The SMILES string of the molecule is Cc1nccn1Cc1nnc([C@H]2CCCN(c3cc(N)nc(N)n3)C2)n1C. The molecule has 10 nitrogen and oxygen atoms in total. The third kappa shape index (κ3) is 3.42. The molecule has 10 heteroatoms. The van der Waals surface area contributed by atoms with Crippen molar-refractivity contribution < 1.29 is 0 Å². The van der Waals surface area contributed by atoms with E-state index in [1.807, 2.05) is 20.2 Å². The lowest BCUT2D eigenvalue weighted by molar-refractivity contribution is 0.475. The Morgan fingerprint density at radius 2 is 2.07 bits per heavy atom. The van der Waals surface area contributed by atoms with Crippen LogP contribution in [0.2, 0.25) is 0 Å². The average molecular weight is 368 g/mol. The van der Waals surface area contributed by atoms with E-state index in [-0.39, 0.29) is 11.9 Å². The van der Waals surface area contributed by atoms with E-state index in [2.05, 4.69) is 39.2 Å². The van der Waals surface area contributed by atoms with Crippen LogP contribution in [-0.2, 0) is 13.6 Å². The maximum atomic E-state index is 5.82. The second-order valence-corrected chi connectivity index (χ2v) is 6.93. The van der Waals surface area contributed by atoms with Crippen LogP contribution < -0.4 is 16.4 Å². The van der Waals surface area contributed by atoms with E-state index in [4.69, 9.17) is 11.5 Å². The van der Waals surface area contributed by atoms with Crippen molar-refractivity contribution in [2.75, 3.05) is 29.5 Å². The molecule has 0 aromatic carbocycles. The van der Waals surface area contributed by atoms with Gasteiger partial charge in [0.1, 0.15) is 23.3 Å². The minimum atomic E-state index is 0.198. The van der Waals surface area contributed by atoms with Gasteiger partial charge in [-0.2, -0.15) is 9.97 Å². The predicted molar refractivity (Wildman–Crippen MR) is 102 cm³/mol. The highest BCUT2D eigenvalue weighted by atomic mass is 15.3. The second kappa shape index (κ2) is 6.86. The Bertz CT molecular complexity index is 923. The summed E-state index contributed by atoms with van der Waals surface area (Å²) in [7, 11) is 2.02. The van der Waals surface area contributed by atoms with Crippen LogP contribution in [0, 0.1) is 6.92 Å². The molecule has 0 spiro atoms. The topological polar surface area (TPSA) is 130 Å². The van der Waals surface area contributed by atoms with Crippen LogP contribution in [0.1, 0.15) is 36.2 Å². The van der Waals surface area contributed by atoms with E-state index >= 15 is 0 Å². The monoisotopic (exact) mass is 368 g/mol. The number of aromatic nitrogens is 7. The smallest absolute Gasteiger partial charge is 0.223 e. The van der Waals surface area contributed by atoms with Gasteiger partial charge in [0.2, 0.25) is 5.95 Å². The highest BCUT2D eigenvalue weighted by Gasteiger charge is 2.27. The van der Waals surface area contributed by atoms with Crippen LogP contribution in [0.15, 0.2) is 18.5 Å². The van der Waals surface area contributed by atoms with Crippen molar-refractivity contribution in [1.29, 1.82) is 0 Å². The molecule has 3 aromatic rings. The van der Waals surface area contributed by atoms with Gasteiger partial charge < -0.3 is 25.5 Å². The molecule has 0 bridgehead atoms. The van der Waals surface area contributed by atoms with Crippen LogP contribution in [0.25, 0.3) is 0 Å². The molecule has 0 unspecified atom stereocenters. The van der Waals surface area contributed by atoms with E-state index in [0.29, 0.717) is 12.4 Å². The summed E-state index contributed by atoms with van der Waals surface area (Å²) in [6.07, 6.45) is 5.85. The Balaban J connectivity index is 1.54. The fraction of sp³-hybridized carbons (Fsp3) is 0.471. The van der Waals surface area contributed by atoms with Gasteiger partial charge in [0.05, 0.1) is 6.54 Å². The average Bonchev–Trinajstić information content (AvgIpc) is 3.21. The lowest BCUT2D eigenvalue weighted by atomic mass is 9.97. The number of nitrogens with zero attached hydrogens (tertiary/aromatic N) is 8. The van der Waals surface area contributed by atoms with E-state index < -0.39 is 0 Å². The van der Waals surface area contributed by atoms with Crippen LogP contribution in [0.3, 0.4) is 0 Å². The van der Waals surface area contributed by atoms with Gasteiger partial charge >= 0.3 is 0 Å². The van der Waals surface area contributed by atoms with Crippen molar-refractivity contribution in [2.45, 2.75) is 32.2 Å². The normalized spacial score (nSPS) is 17.4. The maximum absolute atomic E-state index is 5.82. The third-order valence-electron chi connectivity index (χ3n) is 5.09. The van der Waals surface area contributed by atoms with E-state index in [9.17, 15) is 0 Å². The van der Waals surface area contributed by atoms with Crippen LogP contribution in [0.5, 0.6) is 0 Å². The molecule has 1 aliphatic rings. The molecule has 1 aliphatic heterocycles. The number of hydrogen-bond donors (Lipinski definition) is 2. The Hall–Kier alpha value is -3.17. The number of hydrogen-bond acceptors (Lipinski definition) is 8. The number of nitrogen functional groups attached to an aromatic ring is 2. The molecule has 142 valence electrons. The fourth-order valence-corrected chi connectivity index (χ4v) is 3.62. The molecule has 4 rings (SSSR count). The molecule has 0 aliphatic carbocycles. The van der Waals surface area contributed by atoms with Crippen molar-refractivity contribution in [3.63, 3.8) is 0 Å². The van der Waals surface area contributed by atoms with E-state index in [0.717, 1.165) is 49.2 Å². The van der Waals surface area contributed by atoms with Crippen molar-refractivity contribution >= 4 is 17.6 Å². The van der Waals surface area contributed by atoms with E-state index in [1.165, 1.54) is 0 Å². The molecule has 4 heterocycles. The quantitative estimate of drug-likeness (QED) is 0.688. The molecule has 0 saturated carbocycles. The molecule has 4 N–H and O–H groups in total. The minimum absolute atomic E-state index is 0.198. The molecule has 3 aromatic heterocycles. The van der Waals surface area contributed by atoms with Crippen molar-refractivity contribution in [3.8, 4) is 0 Å². The van der Waals surface area contributed by atoms with Gasteiger partial charge in [-0.1, -0.05) is 0 Å². The standard InChI is InChI=1S/C17H24N10/c1-11-20-5-7-26(11)10-15-23-24-16(25(15)2)12-4-3-6-27(9-12)14-8-13(18)21-17(19)22-14/h5,7-8,12H,3-4,6,9-10H2,1-2H3,(H4,18,19,21,22)/t12-/m0/s1. The van der Waals surface area contributed by atoms with Gasteiger partial charge in [-0.25, -0.2) is 4.98 Å². The molecular weight excluding hydrogens is 344 g/mol. The van der Waals surface area contributed by atoms with Crippen molar-refractivity contribution in [2.24, 2.45) is 7.05 Å². The number of piperidine rings is 1. The third-order valence-corrected chi connectivity index (χ3v) is 5.09. The first-order valence-electron chi connectivity index (χ1n) is 9.02.